The van der Waals surface area contributed by atoms with Crippen molar-refractivity contribution in [2.45, 2.75) is 25.2 Å². The highest BCUT2D eigenvalue weighted by molar-refractivity contribution is 5.59. The van der Waals surface area contributed by atoms with E-state index in [-0.39, 0.29) is 5.92 Å². The topological polar surface area (TPSA) is 51.4 Å². The van der Waals surface area contributed by atoms with Crippen LogP contribution in [-0.4, -0.2) is 36.4 Å². The van der Waals surface area contributed by atoms with E-state index < -0.39 is 0 Å². The summed E-state index contributed by atoms with van der Waals surface area (Å²) in [6, 6.07) is 8.42. The van der Waals surface area contributed by atoms with Gasteiger partial charge >= 0.3 is 0 Å². The summed E-state index contributed by atoms with van der Waals surface area (Å²) in [7, 11) is 0. The average Bonchev–Trinajstić information content (AvgIpc) is 3.27. The molecule has 0 bridgehead atoms. The lowest BCUT2D eigenvalue weighted by atomic mass is 10.1. The Labute approximate surface area is 123 Å². The Hall–Kier alpha value is -1.88. The van der Waals surface area contributed by atoms with Crippen LogP contribution in [0.3, 0.4) is 0 Å². The molecule has 2 saturated heterocycles. The van der Waals surface area contributed by atoms with Gasteiger partial charge in [0, 0.05) is 36.9 Å². The van der Waals surface area contributed by atoms with Gasteiger partial charge in [0.15, 0.2) is 5.82 Å². The van der Waals surface area contributed by atoms with E-state index in [1.807, 2.05) is 0 Å². The molecule has 21 heavy (non-hydrogen) atoms. The molecule has 110 valence electrons. The normalized spacial score (nSPS) is 22.1. The second kappa shape index (κ2) is 5.48. The molecule has 5 nitrogen and oxygen atoms in total. The number of benzene rings is 1. The number of nitrogens with zero attached hydrogens (tertiary/aromatic N) is 3. The maximum Gasteiger partial charge on any atom is 0.257 e. The standard InChI is InChI=1S/C16H19N3O2/c1-2-9-19(8-1)14-5-3-12(4-6-14)16-17-15(18-21-16)13-7-10-20-11-13/h3-6,13H,1-2,7-11H2. The number of hydrogen-bond donors (Lipinski definition) is 0. The maximum atomic E-state index is 5.40. The van der Waals surface area contributed by atoms with Crippen LogP contribution < -0.4 is 4.90 Å². The Balaban J connectivity index is 1.53. The van der Waals surface area contributed by atoms with Gasteiger partial charge in [0.05, 0.1) is 6.61 Å². The van der Waals surface area contributed by atoms with Gasteiger partial charge in [0.25, 0.3) is 5.89 Å². The highest BCUT2D eigenvalue weighted by atomic mass is 16.5. The van der Waals surface area contributed by atoms with Gasteiger partial charge in [-0.15, -0.1) is 0 Å². The lowest BCUT2D eigenvalue weighted by Gasteiger charge is -2.17. The van der Waals surface area contributed by atoms with E-state index in [1.54, 1.807) is 0 Å². The number of anilines is 1. The van der Waals surface area contributed by atoms with Crippen LogP contribution in [-0.2, 0) is 4.74 Å². The summed E-state index contributed by atoms with van der Waals surface area (Å²) in [6.07, 6.45) is 3.56. The van der Waals surface area contributed by atoms with Crippen LogP contribution in [0, 0.1) is 0 Å². The van der Waals surface area contributed by atoms with Crippen LogP contribution in [0.4, 0.5) is 5.69 Å². The lowest BCUT2D eigenvalue weighted by molar-refractivity contribution is 0.192. The molecule has 4 rings (SSSR count). The smallest absolute Gasteiger partial charge is 0.257 e. The third kappa shape index (κ3) is 2.53. The first-order valence-corrected chi connectivity index (χ1v) is 7.67. The second-order valence-corrected chi connectivity index (χ2v) is 5.76. The monoisotopic (exact) mass is 285 g/mol. The van der Waals surface area contributed by atoms with E-state index in [4.69, 9.17) is 9.26 Å². The first-order chi connectivity index (χ1) is 10.4. The van der Waals surface area contributed by atoms with Crippen molar-refractivity contribution in [1.82, 2.24) is 10.1 Å². The zero-order valence-corrected chi connectivity index (χ0v) is 12.0. The second-order valence-electron chi connectivity index (χ2n) is 5.76. The third-order valence-corrected chi connectivity index (χ3v) is 4.32. The Morgan fingerprint density at radius 3 is 2.62 bits per heavy atom. The third-order valence-electron chi connectivity index (χ3n) is 4.32. The molecule has 0 aliphatic carbocycles. The fourth-order valence-electron chi connectivity index (χ4n) is 3.05. The van der Waals surface area contributed by atoms with E-state index >= 15 is 0 Å². The maximum absolute atomic E-state index is 5.40. The zero-order valence-electron chi connectivity index (χ0n) is 12.0. The van der Waals surface area contributed by atoms with Gasteiger partial charge in [-0.3, -0.25) is 0 Å². The molecule has 2 aromatic rings. The van der Waals surface area contributed by atoms with Gasteiger partial charge < -0.3 is 14.2 Å². The SMILES string of the molecule is c1cc(N2CCCC2)ccc1-c1nc(C2CCOC2)no1. The summed E-state index contributed by atoms with van der Waals surface area (Å²) < 4.78 is 10.8. The van der Waals surface area contributed by atoms with Crippen molar-refractivity contribution in [3.05, 3.63) is 30.1 Å². The van der Waals surface area contributed by atoms with Crippen LogP contribution in [0.15, 0.2) is 28.8 Å². The molecule has 2 fully saturated rings. The average molecular weight is 285 g/mol. The molecule has 0 N–H and O–H groups in total. The van der Waals surface area contributed by atoms with Crippen LogP contribution in [0.1, 0.15) is 31.0 Å². The number of hydrogen-bond acceptors (Lipinski definition) is 5. The van der Waals surface area contributed by atoms with Gasteiger partial charge in [-0.05, 0) is 43.5 Å². The van der Waals surface area contributed by atoms with Crippen LogP contribution in [0.5, 0.6) is 0 Å². The first kappa shape index (κ1) is 12.8. The molecule has 1 aromatic heterocycles. The van der Waals surface area contributed by atoms with Gasteiger partial charge in [0.2, 0.25) is 0 Å². The Morgan fingerprint density at radius 2 is 1.90 bits per heavy atom. The summed E-state index contributed by atoms with van der Waals surface area (Å²) in [4.78, 5) is 6.93. The van der Waals surface area contributed by atoms with Gasteiger partial charge in [-0.1, -0.05) is 5.16 Å². The Bertz CT molecular complexity index is 596. The van der Waals surface area contributed by atoms with Gasteiger partial charge in [0.1, 0.15) is 0 Å². The molecule has 5 heteroatoms. The summed E-state index contributed by atoms with van der Waals surface area (Å²) in [5, 5.41) is 4.10. The molecule has 0 amide bonds. The van der Waals surface area contributed by atoms with Crippen LogP contribution >= 0.6 is 0 Å². The number of aromatic nitrogens is 2. The van der Waals surface area contributed by atoms with E-state index in [2.05, 4.69) is 39.3 Å². The lowest BCUT2D eigenvalue weighted by Crippen LogP contribution is -2.17. The highest BCUT2D eigenvalue weighted by Crippen LogP contribution is 2.27. The first-order valence-electron chi connectivity index (χ1n) is 7.67. The summed E-state index contributed by atoms with van der Waals surface area (Å²) in [6.45, 7) is 3.81. The van der Waals surface area contributed by atoms with E-state index in [1.165, 1.54) is 18.5 Å². The molecule has 3 heterocycles. The van der Waals surface area contributed by atoms with Crippen molar-refractivity contribution >= 4 is 5.69 Å². The molecule has 2 aliphatic rings. The van der Waals surface area contributed by atoms with E-state index in [9.17, 15) is 0 Å². The zero-order chi connectivity index (χ0) is 14.1. The molecule has 1 atom stereocenters. The van der Waals surface area contributed by atoms with Crippen molar-refractivity contribution in [3.63, 3.8) is 0 Å². The largest absolute Gasteiger partial charge is 0.381 e. The molecular formula is C16H19N3O2. The highest BCUT2D eigenvalue weighted by Gasteiger charge is 2.23. The number of ether oxygens (including phenoxy) is 1. The van der Waals surface area contributed by atoms with Gasteiger partial charge in [-0.25, -0.2) is 0 Å². The minimum absolute atomic E-state index is 0.284. The fraction of sp³-hybridized carbons (Fsp3) is 0.500. The van der Waals surface area contributed by atoms with Crippen molar-refractivity contribution in [2.75, 3.05) is 31.2 Å². The minimum Gasteiger partial charge on any atom is -0.381 e. The summed E-state index contributed by atoms with van der Waals surface area (Å²) >= 11 is 0. The fourth-order valence-corrected chi connectivity index (χ4v) is 3.05. The quantitative estimate of drug-likeness (QED) is 0.868. The minimum atomic E-state index is 0.284. The van der Waals surface area contributed by atoms with Crippen molar-refractivity contribution < 1.29 is 9.26 Å². The van der Waals surface area contributed by atoms with Crippen LogP contribution in [0.25, 0.3) is 11.5 Å². The summed E-state index contributed by atoms with van der Waals surface area (Å²) in [5.41, 5.74) is 2.26. The molecule has 0 spiro atoms. The molecule has 2 aliphatic heterocycles. The molecule has 0 saturated carbocycles. The molecule has 0 radical (unpaired) electrons. The predicted molar refractivity (Wildman–Crippen MR) is 79.4 cm³/mol. The van der Waals surface area contributed by atoms with Crippen LogP contribution in [0.2, 0.25) is 0 Å². The van der Waals surface area contributed by atoms with E-state index in [0.29, 0.717) is 12.5 Å². The summed E-state index contributed by atoms with van der Waals surface area (Å²) in [5.74, 6) is 1.65. The Morgan fingerprint density at radius 1 is 1.10 bits per heavy atom. The van der Waals surface area contributed by atoms with Crippen molar-refractivity contribution in [3.8, 4) is 11.5 Å². The number of rotatable bonds is 3. The van der Waals surface area contributed by atoms with E-state index in [0.717, 1.165) is 37.5 Å². The van der Waals surface area contributed by atoms with Gasteiger partial charge in [-0.2, -0.15) is 4.98 Å². The van der Waals surface area contributed by atoms with Crippen molar-refractivity contribution in [1.29, 1.82) is 0 Å². The molecular weight excluding hydrogens is 266 g/mol. The predicted octanol–water partition coefficient (Wildman–Crippen LogP) is 2.84. The molecule has 1 unspecified atom stereocenters. The van der Waals surface area contributed by atoms with Crippen molar-refractivity contribution in [2.24, 2.45) is 0 Å². The molecule has 1 aromatic carbocycles. The Kier molecular flexibility index (Phi) is 3.35.